The summed E-state index contributed by atoms with van der Waals surface area (Å²) in [7, 11) is 0. The zero-order valence-corrected chi connectivity index (χ0v) is 22.5. The lowest BCUT2D eigenvalue weighted by Gasteiger charge is -2.35. The number of hydrogen-bond donors (Lipinski definition) is 3. The normalized spacial score (nSPS) is 15.5. The summed E-state index contributed by atoms with van der Waals surface area (Å²) in [6.45, 7) is 7.76. The zero-order valence-electron chi connectivity index (χ0n) is 22.5. The van der Waals surface area contributed by atoms with Gasteiger partial charge >= 0.3 is 0 Å². The maximum Gasteiger partial charge on any atom is 0.269 e. The lowest BCUT2D eigenvalue weighted by Crippen LogP contribution is -2.37. The Morgan fingerprint density at radius 3 is 2.50 bits per heavy atom. The number of carbonyl (C=O) groups excluding carboxylic acids is 2. The van der Waals surface area contributed by atoms with Crippen molar-refractivity contribution in [2.45, 2.75) is 32.2 Å². The van der Waals surface area contributed by atoms with Crippen LogP contribution in [0.4, 0.5) is 5.82 Å². The van der Waals surface area contributed by atoms with Gasteiger partial charge in [-0.25, -0.2) is 14.6 Å². The van der Waals surface area contributed by atoms with E-state index in [0.717, 1.165) is 42.5 Å². The molecule has 0 radical (unpaired) electrons. The first-order valence-electron chi connectivity index (χ1n) is 13.3. The lowest BCUT2D eigenvalue weighted by molar-refractivity contribution is 0.0990. The van der Waals surface area contributed by atoms with Crippen LogP contribution in [0.25, 0.3) is 16.8 Å². The number of amides is 2. The molecule has 4 aromatic rings. The average Bonchev–Trinajstić information content (AvgIpc) is 3.31. The van der Waals surface area contributed by atoms with Crippen molar-refractivity contribution in [3.63, 3.8) is 0 Å². The minimum Gasteiger partial charge on any atom is -0.364 e. The lowest BCUT2D eigenvalue weighted by atomic mass is 9.99. The summed E-state index contributed by atoms with van der Waals surface area (Å²) in [4.78, 5) is 36.7. The number of pyridine rings is 1. The minimum absolute atomic E-state index is 0.0991. The molecule has 2 aromatic heterocycles. The van der Waals surface area contributed by atoms with E-state index in [4.69, 9.17) is 16.6 Å². The van der Waals surface area contributed by atoms with Gasteiger partial charge in [-0.15, -0.1) is 0 Å². The molecule has 5 N–H and O–H groups in total. The molecule has 2 amide bonds. The van der Waals surface area contributed by atoms with Gasteiger partial charge in [-0.05, 0) is 67.3 Å². The van der Waals surface area contributed by atoms with Gasteiger partial charge in [-0.2, -0.15) is 0 Å². The number of nitrogen functional groups attached to an aromatic ring is 1. The molecule has 5 rings (SSSR count). The summed E-state index contributed by atoms with van der Waals surface area (Å²) >= 11 is 0. The van der Waals surface area contributed by atoms with Crippen molar-refractivity contribution in [2.24, 2.45) is 5.73 Å². The summed E-state index contributed by atoms with van der Waals surface area (Å²) in [5.74, 6) is 6.59. The van der Waals surface area contributed by atoms with Crippen molar-refractivity contribution >= 4 is 23.2 Å². The van der Waals surface area contributed by atoms with Crippen molar-refractivity contribution in [2.75, 3.05) is 24.2 Å². The number of anilines is 1. The second-order valence-corrected chi connectivity index (χ2v) is 10.1. The molecule has 9 nitrogen and oxygen atoms in total. The van der Waals surface area contributed by atoms with Gasteiger partial charge < -0.3 is 16.9 Å². The standard InChI is InChI=1S/C31H33N7O2/c1-20-15-16-34-26(18-20)35-31(40)24-13-11-23(12-14-24)27-28(29(32)39)38(33)30(36-27)25-10-6-7-17-37(25)19-21(2)22-8-4-3-5-9-22/h3-5,8-9,11-16,18,25H,2,6-7,10,17,19,33H2,1H3,(H2,32,39)(H,34,35,40)/t25-/m0/s1. The minimum atomic E-state index is -0.667. The Morgan fingerprint density at radius 1 is 1.05 bits per heavy atom. The first kappa shape index (κ1) is 26.8. The number of nitrogens with one attached hydrogen (secondary N) is 1. The molecule has 1 aliphatic rings. The van der Waals surface area contributed by atoms with Crippen LogP contribution in [-0.2, 0) is 0 Å². The van der Waals surface area contributed by atoms with Gasteiger partial charge in [0.05, 0.1) is 6.04 Å². The number of rotatable bonds is 8. The van der Waals surface area contributed by atoms with Gasteiger partial charge in [0, 0.05) is 23.9 Å². The predicted molar refractivity (Wildman–Crippen MR) is 157 cm³/mol. The number of imidazole rings is 1. The van der Waals surface area contributed by atoms with Crippen molar-refractivity contribution in [1.29, 1.82) is 0 Å². The van der Waals surface area contributed by atoms with Crippen LogP contribution in [0.3, 0.4) is 0 Å². The molecule has 2 aromatic carbocycles. The highest BCUT2D eigenvalue weighted by atomic mass is 16.2. The van der Waals surface area contributed by atoms with Gasteiger partial charge in [0.25, 0.3) is 11.8 Å². The Bertz CT molecular complexity index is 1540. The molecule has 40 heavy (non-hydrogen) atoms. The number of benzene rings is 2. The number of nitrogens with two attached hydrogens (primary N) is 2. The van der Waals surface area contributed by atoms with E-state index in [1.807, 2.05) is 31.2 Å². The van der Waals surface area contributed by atoms with Gasteiger partial charge in [-0.1, -0.05) is 55.5 Å². The molecule has 0 bridgehead atoms. The quantitative estimate of drug-likeness (QED) is 0.284. The molecule has 3 heterocycles. The molecule has 0 saturated carbocycles. The molecule has 1 atom stereocenters. The third-order valence-corrected chi connectivity index (χ3v) is 7.24. The maximum atomic E-state index is 12.8. The van der Waals surface area contributed by atoms with Gasteiger partial charge in [0.2, 0.25) is 0 Å². The summed E-state index contributed by atoms with van der Waals surface area (Å²) in [5, 5.41) is 2.80. The van der Waals surface area contributed by atoms with E-state index in [1.54, 1.807) is 36.5 Å². The Hall–Kier alpha value is -4.76. The summed E-state index contributed by atoms with van der Waals surface area (Å²) < 4.78 is 1.33. The molecule has 9 heteroatoms. The van der Waals surface area contributed by atoms with Crippen molar-refractivity contribution in [3.05, 3.63) is 108 Å². The molecule has 1 fully saturated rings. The molecular weight excluding hydrogens is 502 g/mol. The molecule has 204 valence electrons. The zero-order chi connectivity index (χ0) is 28.2. The Morgan fingerprint density at radius 2 is 1.80 bits per heavy atom. The maximum absolute atomic E-state index is 12.8. The fraction of sp³-hybridized carbons (Fsp3) is 0.226. The number of aromatic nitrogens is 3. The largest absolute Gasteiger partial charge is 0.364 e. The number of nitrogens with zero attached hydrogens (tertiary/aromatic N) is 4. The highest BCUT2D eigenvalue weighted by Gasteiger charge is 2.32. The van der Waals surface area contributed by atoms with Crippen molar-refractivity contribution in [1.82, 2.24) is 19.5 Å². The highest BCUT2D eigenvalue weighted by Crippen LogP contribution is 2.34. The van der Waals surface area contributed by atoms with Crippen molar-refractivity contribution < 1.29 is 9.59 Å². The number of piperidine rings is 1. The van der Waals surface area contributed by atoms with Crippen LogP contribution in [0.1, 0.15) is 63.1 Å². The monoisotopic (exact) mass is 535 g/mol. The number of likely N-dealkylation sites (tertiary alicyclic amines) is 1. The van der Waals surface area contributed by atoms with E-state index < -0.39 is 5.91 Å². The molecule has 1 saturated heterocycles. The smallest absolute Gasteiger partial charge is 0.269 e. The second-order valence-electron chi connectivity index (χ2n) is 10.1. The SMILES string of the molecule is C=C(CN1CCCC[C@H]1c1nc(-c2ccc(C(=O)Nc3cc(C)ccn3)cc2)c(C(N)=O)n1N)c1ccccc1. The third-order valence-electron chi connectivity index (χ3n) is 7.24. The second kappa shape index (κ2) is 11.5. The van der Waals surface area contributed by atoms with Crippen molar-refractivity contribution in [3.8, 4) is 11.3 Å². The first-order chi connectivity index (χ1) is 19.3. The molecular formula is C31H33N7O2. The van der Waals surface area contributed by atoms with Crippen LogP contribution in [-0.4, -0.2) is 44.4 Å². The third kappa shape index (κ3) is 5.64. The van der Waals surface area contributed by atoms with Crippen LogP contribution in [0, 0.1) is 6.92 Å². The summed E-state index contributed by atoms with van der Waals surface area (Å²) in [6, 6.07) is 20.5. The van der Waals surface area contributed by atoms with Gasteiger partial charge in [-0.3, -0.25) is 14.5 Å². The van der Waals surface area contributed by atoms with Crippen LogP contribution in [0.2, 0.25) is 0 Å². The fourth-order valence-electron chi connectivity index (χ4n) is 5.18. The van der Waals surface area contributed by atoms with E-state index in [2.05, 4.69) is 33.9 Å². The van der Waals surface area contributed by atoms with Crippen LogP contribution in [0.5, 0.6) is 0 Å². The average molecular weight is 536 g/mol. The fourth-order valence-corrected chi connectivity index (χ4v) is 5.18. The van der Waals surface area contributed by atoms with Crippen LogP contribution >= 0.6 is 0 Å². The molecule has 1 aliphatic heterocycles. The van der Waals surface area contributed by atoms with E-state index in [9.17, 15) is 9.59 Å². The Balaban J connectivity index is 1.41. The van der Waals surface area contributed by atoms with Crippen LogP contribution in [0.15, 0.2) is 79.5 Å². The van der Waals surface area contributed by atoms with E-state index in [1.165, 1.54) is 4.68 Å². The molecule has 0 aliphatic carbocycles. The highest BCUT2D eigenvalue weighted by molar-refractivity contribution is 6.04. The number of carbonyl (C=O) groups is 2. The number of hydrogen-bond acceptors (Lipinski definition) is 6. The topological polar surface area (TPSA) is 132 Å². The number of aryl methyl sites for hydroxylation is 1. The van der Waals surface area contributed by atoms with E-state index in [-0.39, 0.29) is 17.6 Å². The number of primary amides is 1. The molecule has 0 unspecified atom stereocenters. The van der Waals surface area contributed by atoms with E-state index in [0.29, 0.717) is 35.0 Å². The van der Waals surface area contributed by atoms with E-state index >= 15 is 0 Å². The van der Waals surface area contributed by atoms with Crippen LogP contribution < -0.4 is 16.9 Å². The summed E-state index contributed by atoms with van der Waals surface area (Å²) in [5.41, 5.74) is 10.5. The van der Waals surface area contributed by atoms with Gasteiger partial charge in [0.1, 0.15) is 17.3 Å². The predicted octanol–water partition coefficient (Wildman–Crippen LogP) is 4.56. The first-order valence-corrected chi connectivity index (χ1v) is 13.3. The van der Waals surface area contributed by atoms with Gasteiger partial charge in [0.15, 0.2) is 5.69 Å². The Kier molecular flexibility index (Phi) is 7.75. The Labute approximate surface area is 233 Å². The summed E-state index contributed by atoms with van der Waals surface area (Å²) in [6.07, 6.45) is 4.57. The molecule has 0 spiro atoms.